The summed E-state index contributed by atoms with van der Waals surface area (Å²) < 4.78 is 5.28. The maximum atomic E-state index is 12.4. The molecule has 3 unspecified atom stereocenters. The van der Waals surface area contributed by atoms with E-state index in [1.807, 2.05) is 0 Å². The highest BCUT2D eigenvalue weighted by molar-refractivity contribution is 6.04. The van der Waals surface area contributed by atoms with Gasteiger partial charge in [-0.2, -0.15) is 0 Å². The van der Waals surface area contributed by atoms with E-state index in [9.17, 15) is 14.7 Å². The average Bonchev–Trinajstić information content (AvgIpc) is 2.92. The Balaban J connectivity index is 2.15. The van der Waals surface area contributed by atoms with E-state index in [0.29, 0.717) is 25.0 Å². The zero-order valence-electron chi connectivity index (χ0n) is 15.6. The van der Waals surface area contributed by atoms with Crippen LogP contribution in [0.4, 0.5) is 4.79 Å². The van der Waals surface area contributed by atoms with Gasteiger partial charge in [-0.3, -0.25) is 15.1 Å². The molecule has 0 saturated carbocycles. The molecule has 0 aliphatic carbocycles. The Morgan fingerprint density at radius 3 is 2.81 bits per heavy atom. The summed E-state index contributed by atoms with van der Waals surface area (Å²) in [4.78, 5) is 32.0. The molecule has 9 nitrogen and oxygen atoms in total. The van der Waals surface area contributed by atoms with Crippen molar-refractivity contribution in [1.82, 2.24) is 20.4 Å². The monoisotopic (exact) mass is 367 g/mol. The molecule has 9 heteroatoms. The topological polar surface area (TPSA) is 106 Å². The summed E-state index contributed by atoms with van der Waals surface area (Å²) in [7, 11) is 1.62. The third-order valence-corrected chi connectivity index (χ3v) is 4.34. The second-order valence-electron chi connectivity index (χ2n) is 6.96. The zero-order chi connectivity index (χ0) is 19.3. The van der Waals surface area contributed by atoms with Crippen LogP contribution in [0.2, 0.25) is 0 Å². The molecule has 146 valence electrons. The SMILES string of the molecule is C=CCOCC(O)CN1C(=NCCC(C)C)NC2C1C(=O)NC(=O)N2C. The lowest BCUT2D eigenvalue weighted by atomic mass is 10.1. The lowest BCUT2D eigenvalue weighted by Gasteiger charge is -2.35. The molecule has 0 aromatic rings. The summed E-state index contributed by atoms with van der Waals surface area (Å²) >= 11 is 0. The number of likely N-dealkylation sites (N-methyl/N-ethyl adjacent to an activating group) is 1. The van der Waals surface area contributed by atoms with Crippen LogP contribution in [0.15, 0.2) is 17.6 Å². The number of aliphatic hydroxyl groups is 1. The van der Waals surface area contributed by atoms with Gasteiger partial charge in [0.25, 0.3) is 5.91 Å². The van der Waals surface area contributed by atoms with Crippen LogP contribution in [0.25, 0.3) is 0 Å². The summed E-state index contributed by atoms with van der Waals surface area (Å²) in [6, 6.07) is -1.11. The standard InChI is InChI=1S/C17H29N5O4/c1-5-8-26-10-12(23)9-22-13-14(21(4)17(25)20-15(13)24)19-16(22)18-7-6-11(2)3/h5,11-14,23H,1,6-10H2,2-4H3,(H,18,19)(H,20,24,25). The van der Waals surface area contributed by atoms with E-state index in [1.54, 1.807) is 18.0 Å². The highest BCUT2D eigenvalue weighted by atomic mass is 16.5. The van der Waals surface area contributed by atoms with Gasteiger partial charge in [0.15, 0.2) is 12.0 Å². The summed E-state index contributed by atoms with van der Waals surface area (Å²) in [5.74, 6) is 0.612. The van der Waals surface area contributed by atoms with Crippen molar-refractivity contribution < 1.29 is 19.4 Å². The second-order valence-corrected chi connectivity index (χ2v) is 6.96. The largest absolute Gasteiger partial charge is 0.389 e. The number of fused-ring (bicyclic) bond motifs is 1. The van der Waals surface area contributed by atoms with Crippen LogP contribution in [0.1, 0.15) is 20.3 Å². The van der Waals surface area contributed by atoms with E-state index < -0.39 is 30.2 Å². The minimum absolute atomic E-state index is 0.121. The van der Waals surface area contributed by atoms with Crippen molar-refractivity contribution in [3.8, 4) is 0 Å². The molecule has 2 fully saturated rings. The Bertz CT molecular complexity index is 565. The number of amides is 3. The molecule has 0 aromatic heterocycles. The Morgan fingerprint density at radius 1 is 1.42 bits per heavy atom. The predicted octanol–water partition coefficient (Wildman–Crippen LogP) is -0.266. The molecule has 2 saturated heterocycles. The number of hydrogen-bond donors (Lipinski definition) is 3. The molecule has 2 aliphatic rings. The predicted molar refractivity (Wildman–Crippen MR) is 97.5 cm³/mol. The fraction of sp³-hybridized carbons (Fsp3) is 0.706. The van der Waals surface area contributed by atoms with Crippen LogP contribution < -0.4 is 10.6 Å². The summed E-state index contributed by atoms with van der Waals surface area (Å²) in [5.41, 5.74) is 0. The van der Waals surface area contributed by atoms with Crippen molar-refractivity contribution in [3.63, 3.8) is 0 Å². The van der Waals surface area contributed by atoms with Crippen molar-refractivity contribution >= 4 is 17.9 Å². The summed E-state index contributed by atoms with van der Waals surface area (Å²) in [6.07, 6.45) is 1.19. The van der Waals surface area contributed by atoms with Gasteiger partial charge in [0, 0.05) is 20.1 Å². The van der Waals surface area contributed by atoms with E-state index in [4.69, 9.17) is 4.74 Å². The van der Waals surface area contributed by atoms with Gasteiger partial charge in [0.1, 0.15) is 6.17 Å². The van der Waals surface area contributed by atoms with Crippen molar-refractivity contribution in [1.29, 1.82) is 0 Å². The number of aliphatic imine (C=N–C) groups is 1. The minimum Gasteiger partial charge on any atom is -0.389 e. The van der Waals surface area contributed by atoms with Crippen LogP contribution in [0.3, 0.4) is 0 Å². The first kappa shape index (κ1) is 20.2. The van der Waals surface area contributed by atoms with E-state index in [-0.39, 0.29) is 13.2 Å². The van der Waals surface area contributed by atoms with Crippen LogP contribution >= 0.6 is 0 Å². The summed E-state index contributed by atoms with van der Waals surface area (Å²) in [6.45, 7) is 9.01. The van der Waals surface area contributed by atoms with Crippen LogP contribution in [-0.4, -0.2) is 84.5 Å². The average molecular weight is 367 g/mol. The molecule has 0 bridgehead atoms. The zero-order valence-corrected chi connectivity index (χ0v) is 15.6. The fourth-order valence-corrected chi connectivity index (χ4v) is 2.92. The normalized spacial score (nSPS) is 25.3. The number of nitrogens with one attached hydrogen (secondary N) is 2. The number of imide groups is 1. The van der Waals surface area contributed by atoms with Gasteiger partial charge in [0.05, 0.1) is 19.3 Å². The van der Waals surface area contributed by atoms with Gasteiger partial charge in [-0.05, 0) is 12.3 Å². The third kappa shape index (κ3) is 4.73. The lowest BCUT2D eigenvalue weighted by molar-refractivity contribution is -0.127. The number of β-amino-alcohol motifs (C(OH)–C–C–N with tert-alkyl or cyclic N) is 1. The van der Waals surface area contributed by atoms with Crippen molar-refractivity contribution in [3.05, 3.63) is 12.7 Å². The molecule has 26 heavy (non-hydrogen) atoms. The van der Waals surface area contributed by atoms with Gasteiger partial charge >= 0.3 is 6.03 Å². The molecule has 3 N–H and O–H groups in total. The second kappa shape index (κ2) is 9.00. The van der Waals surface area contributed by atoms with Crippen molar-refractivity contribution in [2.75, 3.05) is 33.4 Å². The molecular weight excluding hydrogens is 338 g/mol. The number of hydrogen-bond acceptors (Lipinski definition) is 5. The number of carbonyl (C=O) groups excluding carboxylic acids is 2. The van der Waals surface area contributed by atoms with Crippen LogP contribution in [0, 0.1) is 5.92 Å². The van der Waals surface area contributed by atoms with Crippen LogP contribution in [-0.2, 0) is 9.53 Å². The third-order valence-electron chi connectivity index (χ3n) is 4.34. The highest BCUT2D eigenvalue weighted by Gasteiger charge is 2.50. The fourth-order valence-electron chi connectivity index (χ4n) is 2.92. The number of nitrogens with zero attached hydrogens (tertiary/aromatic N) is 3. The first-order valence-electron chi connectivity index (χ1n) is 8.87. The Hall–Kier alpha value is -2.13. The van der Waals surface area contributed by atoms with E-state index in [1.165, 1.54) is 4.90 Å². The van der Waals surface area contributed by atoms with Gasteiger partial charge in [-0.15, -0.1) is 6.58 Å². The first-order valence-corrected chi connectivity index (χ1v) is 8.87. The maximum Gasteiger partial charge on any atom is 0.325 e. The van der Waals surface area contributed by atoms with E-state index in [2.05, 4.69) is 36.1 Å². The molecule has 2 aliphatic heterocycles. The Labute approximate surface area is 154 Å². The van der Waals surface area contributed by atoms with Crippen molar-refractivity contribution in [2.45, 2.75) is 38.6 Å². The number of urea groups is 1. The molecule has 2 heterocycles. The molecule has 3 atom stereocenters. The van der Waals surface area contributed by atoms with Gasteiger partial charge in [0.2, 0.25) is 0 Å². The molecule has 0 aromatic carbocycles. The number of aliphatic hydroxyl groups excluding tert-OH is 1. The van der Waals surface area contributed by atoms with Crippen molar-refractivity contribution in [2.24, 2.45) is 10.9 Å². The number of ether oxygens (including phenoxy) is 1. The highest BCUT2D eigenvalue weighted by Crippen LogP contribution is 2.21. The van der Waals surface area contributed by atoms with E-state index in [0.717, 1.165) is 6.42 Å². The molecule has 0 spiro atoms. The Morgan fingerprint density at radius 2 is 2.15 bits per heavy atom. The molecule has 3 amide bonds. The van der Waals surface area contributed by atoms with Crippen LogP contribution in [0.5, 0.6) is 0 Å². The number of carbonyl (C=O) groups is 2. The smallest absolute Gasteiger partial charge is 0.325 e. The number of rotatable bonds is 9. The molecular formula is C17H29N5O4. The maximum absolute atomic E-state index is 12.4. The van der Waals surface area contributed by atoms with Gasteiger partial charge in [-0.25, -0.2) is 4.79 Å². The quantitative estimate of drug-likeness (QED) is 0.383. The molecule has 2 rings (SSSR count). The molecule has 0 radical (unpaired) electrons. The first-order chi connectivity index (χ1) is 12.3. The Kier molecular flexibility index (Phi) is 6.98. The number of guanidine groups is 1. The van der Waals surface area contributed by atoms with Gasteiger partial charge < -0.3 is 25.0 Å². The minimum atomic E-state index is -0.804. The summed E-state index contributed by atoms with van der Waals surface area (Å²) in [5, 5.41) is 15.8. The van der Waals surface area contributed by atoms with Gasteiger partial charge in [-0.1, -0.05) is 19.9 Å². The lowest BCUT2D eigenvalue weighted by Crippen LogP contribution is -2.65. The van der Waals surface area contributed by atoms with E-state index >= 15 is 0 Å².